The van der Waals surface area contributed by atoms with E-state index in [2.05, 4.69) is 9.72 Å². The number of allylic oxidation sites excluding steroid dienone is 1. The van der Waals surface area contributed by atoms with Gasteiger partial charge >= 0.3 is 0 Å². The largest absolute Gasteiger partial charge is 0.468 e. The molecule has 1 rings (SSSR count). The van der Waals surface area contributed by atoms with E-state index >= 15 is 0 Å². The predicted molar refractivity (Wildman–Crippen MR) is 57.6 cm³/mol. The van der Waals surface area contributed by atoms with Gasteiger partial charge in [-0.1, -0.05) is 0 Å². The highest BCUT2D eigenvalue weighted by atomic mass is 32.1. The minimum absolute atomic E-state index is 0.431. The monoisotopic (exact) mass is 214 g/mol. The lowest BCUT2D eigenvalue weighted by Gasteiger charge is -1.84. The van der Waals surface area contributed by atoms with Crippen molar-refractivity contribution in [3.05, 3.63) is 22.3 Å². The van der Waals surface area contributed by atoms with E-state index in [1.165, 1.54) is 0 Å². The molecule has 0 bridgehead atoms. The number of rotatable bonds is 3. The third-order valence-corrected chi connectivity index (χ3v) is 1.78. The fourth-order valence-corrected chi connectivity index (χ4v) is 1.21. The number of hydrogen-bond donors (Lipinski definition) is 1. The molecule has 4 nitrogen and oxygen atoms in total. The number of thiazole rings is 1. The summed E-state index contributed by atoms with van der Waals surface area (Å²) >= 11 is 1.58. The lowest BCUT2D eigenvalue weighted by Crippen LogP contribution is -1.87. The van der Waals surface area contributed by atoms with Gasteiger partial charge in [-0.25, -0.2) is 0 Å². The van der Waals surface area contributed by atoms with Gasteiger partial charge in [0, 0.05) is 16.8 Å². The average molecular weight is 214 g/mol. The number of carbonyl (C=O) groups excluding carboxylic acids is 1. The van der Waals surface area contributed by atoms with Crippen molar-refractivity contribution < 1.29 is 9.53 Å². The molecule has 1 heterocycles. The van der Waals surface area contributed by atoms with Gasteiger partial charge in [0.1, 0.15) is 0 Å². The lowest BCUT2D eigenvalue weighted by molar-refractivity contribution is -0.128. The average Bonchev–Trinajstić information content (AvgIpc) is 2.58. The highest BCUT2D eigenvalue weighted by Crippen LogP contribution is 2.07. The highest BCUT2D eigenvalue weighted by molar-refractivity contribution is 7.10. The summed E-state index contributed by atoms with van der Waals surface area (Å²) in [6.07, 6.45) is 3.69. The van der Waals surface area contributed by atoms with Crippen LogP contribution in [0.15, 0.2) is 17.4 Å². The van der Waals surface area contributed by atoms with Gasteiger partial charge in [-0.05, 0) is 19.9 Å². The minimum Gasteiger partial charge on any atom is -0.468 e. The Hall–Kier alpha value is -1.36. The van der Waals surface area contributed by atoms with Crippen LogP contribution in [0.25, 0.3) is 6.08 Å². The van der Waals surface area contributed by atoms with E-state index < -0.39 is 0 Å². The molecule has 2 N–H and O–H groups in total. The standard InChI is InChI=1S/C6H8N2S.C3H6O2/c1-5(7)2-6-3-8-4-9-6;1-2-5-3-4/h2-4H,7H2,1H3;3H,2H2,1H3/b5-2-;. The van der Waals surface area contributed by atoms with E-state index in [0.29, 0.717) is 13.1 Å². The first-order valence-electron chi connectivity index (χ1n) is 4.08. The van der Waals surface area contributed by atoms with Gasteiger partial charge in [0.25, 0.3) is 6.47 Å². The molecule has 0 aromatic carbocycles. The molecule has 14 heavy (non-hydrogen) atoms. The number of nitrogens with zero attached hydrogens (tertiary/aromatic N) is 1. The maximum atomic E-state index is 9.18. The first-order valence-corrected chi connectivity index (χ1v) is 4.96. The van der Waals surface area contributed by atoms with Crippen LogP contribution in [0.2, 0.25) is 0 Å². The maximum Gasteiger partial charge on any atom is 0.293 e. The summed E-state index contributed by atoms with van der Waals surface area (Å²) in [5.41, 5.74) is 8.03. The number of hydrogen-bond acceptors (Lipinski definition) is 5. The number of ether oxygens (including phenoxy) is 1. The van der Waals surface area contributed by atoms with E-state index in [-0.39, 0.29) is 0 Å². The quantitative estimate of drug-likeness (QED) is 0.777. The summed E-state index contributed by atoms with van der Waals surface area (Å²) in [6, 6.07) is 0. The highest BCUT2D eigenvalue weighted by Gasteiger charge is 1.86. The van der Waals surface area contributed by atoms with Crippen LogP contribution in [0.4, 0.5) is 0 Å². The predicted octanol–water partition coefficient (Wildman–Crippen LogP) is 1.64. The second kappa shape index (κ2) is 8.25. The molecule has 0 atom stereocenters. The molecule has 0 amide bonds. The molecule has 0 saturated heterocycles. The topological polar surface area (TPSA) is 65.2 Å². The first-order chi connectivity index (χ1) is 6.70. The van der Waals surface area contributed by atoms with Crippen molar-refractivity contribution in [2.75, 3.05) is 6.61 Å². The van der Waals surface area contributed by atoms with Gasteiger partial charge in [0.15, 0.2) is 0 Å². The number of nitrogens with two attached hydrogens (primary N) is 1. The second-order valence-corrected chi connectivity index (χ2v) is 3.26. The Morgan fingerprint density at radius 2 is 2.50 bits per heavy atom. The van der Waals surface area contributed by atoms with Gasteiger partial charge in [-0.15, -0.1) is 11.3 Å². The summed E-state index contributed by atoms with van der Waals surface area (Å²) in [6.45, 7) is 4.53. The van der Waals surface area contributed by atoms with Gasteiger partial charge in [-0.3, -0.25) is 9.78 Å². The van der Waals surface area contributed by atoms with E-state index in [0.717, 1.165) is 10.6 Å². The third-order valence-electron chi connectivity index (χ3n) is 1.06. The molecular weight excluding hydrogens is 200 g/mol. The van der Waals surface area contributed by atoms with Crippen molar-refractivity contribution in [1.82, 2.24) is 4.98 Å². The maximum absolute atomic E-state index is 9.18. The summed E-state index contributed by atoms with van der Waals surface area (Å²) in [7, 11) is 0. The van der Waals surface area contributed by atoms with Gasteiger partial charge in [0.2, 0.25) is 0 Å². The van der Waals surface area contributed by atoms with E-state index in [9.17, 15) is 4.79 Å². The SMILES string of the molecule is C/C(N)=C/c1cncs1.CCOC=O. The number of carbonyl (C=O) groups is 1. The summed E-state index contributed by atoms with van der Waals surface area (Å²) in [4.78, 5) is 14.2. The minimum atomic E-state index is 0.431. The third kappa shape index (κ3) is 7.30. The van der Waals surface area contributed by atoms with Crippen molar-refractivity contribution in [1.29, 1.82) is 0 Å². The second-order valence-electron chi connectivity index (χ2n) is 2.34. The molecule has 0 fully saturated rings. The van der Waals surface area contributed by atoms with Crippen LogP contribution in [0.1, 0.15) is 18.7 Å². The lowest BCUT2D eigenvalue weighted by atomic mass is 10.4. The molecule has 0 radical (unpaired) electrons. The van der Waals surface area contributed by atoms with Crippen molar-refractivity contribution in [3.63, 3.8) is 0 Å². The Balaban J connectivity index is 0.000000292. The van der Waals surface area contributed by atoms with Crippen LogP contribution >= 0.6 is 11.3 Å². The molecule has 0 aliphatic rings. The zero-order valence-electron chi connectivity index (χ0n) is 8.27. The molecule has 0 aliphatic heterocycles. The van der Waals surface area contributed by atoms with Gasteiger partial charge in [-0.2, -0.15) is 0 Å². The molecule has 1 aromatic heterocycles. The molecule has 1 aromatic rings. The number of aromatic nitrogens is 1. The molecule has 0 aliphatic carbocycles. The van der Waals surface area contributed by atoms with E-state index in [1.54, 1.807) is 30.0 Å². The van der Waals surface area contributed by atoms with Crippen LogP contribution in [0.5, 0.6) is 0 Å². The van der Waals surface area contributed by atoms with Crippen LogP contribution in [0.3, 0.4) is 0 Å². The zero-order chi connectivity index (χ0) is 10.8. The molecule has 5 heteroatoms. The van der Waals surface area contributed by atoms with Crippen LogP contribution < -0.4 is 5.73 Å². The van der Waals surface area contributed by atoms with Crippen LogP contribution in [-0.2, 0) is 9.53 Å². The Labute approximate surface area is 87.4 Å². The van der Waals surface area contributed by atoms with E-state index in [4.69, 9.17) is 5.73 Å². The summed E-state index contributed by atoms with van der Waals surface area (Å²) < 4.78 is 4.15. The fourth-order valence-electron chi connectivity index (χ4n) is 0.589. The van der Waals surface area contributed by atoms with Gasteiger partial charge in [0.05, 0.1) is 12.1 Å². The van der Waals surface area contributed by atoms with Crippen molar-refractivity contribution in [3.8, 4) is 0 Å². The molecule has 0 spiro atoms. The molecule has 0 unspecified atom stereocenters. The van der Waals surface area contributed by atoms with Crippen LogP contribution in [0, 0.1) is 0 Å². The first kappa shape index (κ1) is 12.6. The normalized spacial score (nSPS) is 10.0. The van der Waals surface area contributed by atoms with Crippen LogP contribution in [-0.4, -0.2) is 18.1 Å². The Morgan fingerprint density at radius 1 is 1.79 bits per heavy atom. The Kier molecular flexibility index (Phi) is 7.45. The smallest absolute Gasteiger partial charge is 0.293 e. The van der Waals surface area contributed by atoms with Crippen molar-refractivity contribution in [2.45, 2.75) is 13.8 Å². The Bertz CT molecular complexity index is 266. The Morgan fingerprint density at radius 3 is 2.79 bits per heavy atom. The zero-order valence-corrected chi connectivity index (χ0v) is 9.08. The van der Waals surface area contributed by atoms with Crippen molar-refractivity contribution >= 4 is 23.9 Å². The molecular formula is C9H14N2O2S. The molecule has 78 valence electrons. The van der Waals surface area contributed by atoms with E-state index in [1.807, 2.05) is 13.0 Å². The van der Waals surface area contributed by atoms with Gasteiger partial charge < -0.3 is 10.5 Å². The van der Waals surface area contributed by atoms with Crippen molar-refractivity contribution in [2.24, 2.45) is 5.73 Å². The molecule has 0 saturated carbocycles. The summed E-state index contributed by atoms with van der Waals surface area (Å²) in [5.74, 6) is 0. The summed E-state index contributed by atoms with van der Waals surface area (Å²) in [5, 5.41) is 0. The fraction of sp³-hybridized carbons (Fsp3) is 0.333.